The summed E-state index contributed by atoms with van der Waals surface area (Å²) in [6.45, 7) is 0.379. The third-order valence-corrected chi connectivity index (χ3v) is 2.90. The molecule has 1 N–H and O–H groups in total. The van der Waals surface area contributed by atoms with Crippen molar-refractivity contribution >= 4 is 0 Å². The van der Waals surface area contributed by atoms with E-state index in [4.69, 9.17) is 4.74 Å². The molecule has 2 aromatic carbocycles. The van der Waals surface area contributed by atoms with Crippen LogP contribution in [0.1, 0.15) is 5.82 Å². The standard InChI is InChI=1S/C16H13N2O2/c19-13-8-6-12(7-9-13)15-10-17-16(18-15)11-20-14-4-2-1-3-5-14/h1-10H,11H2,(H,17,18). The van der Waals surface area contributed by atoms with Crippen LogP contribution in [0.5, 0.6) is 11.5 Å². The Labute approximate surface area is 116 Å². The summed E-state index contributed by atoms with van der Waals surface area (Å²) in [6.07, 6.45) is 1.81. The summed E-state index contributed by atoms with van der Waals surface area (Å²) in [7, 11) is 0. The second kappa shape index (κ2) is 5.48. The van der Waals surface area contributed by atoms with Gasteiger partial charge in [-0.2, -0.15) is 0 Å². The molecule has 0 saturated heterocycles. The Morgan fingerprint density at radius 2 is 1.75 bits per heavy atom. The van der Waals surface area contributed by atoms with Crippen molar-refractivity contribution in [1.29, 1.82) is 0 Å². The van der Waals surface area contributed by atoms with Gasteiger partial charge in [-0.25, -0.2) is 4.98 Å². The highest BCUT2D eigenvalue weighted by Crippen LogP contribution is 2.20. The number of aromatic nitrogens is 2. The molecule has 1 radical (unpaired) electrons. The molecule has 0 bridgehead atoms. The lowest BCUT2D eigenvalue weighted by molar-refractivity contribution is 0.297. The first kappa shape index (κ1) is 12.3. The topological polar surface area (TPSA) is 57.8 Å². The molecular formula is C16H13N2O2. The third-order valence-electron chi connectivity index (χ3n) is 2.90. The van der Waals surface area contributed by atoms with Gasteiger partial charge in [-0.15, -0.1) is 0 Å². The first-order valence-corrected chi connectivity index (χ1v) is 6.31. The summed E-state index contributed by atoms with van der Waals surface area (Å²) in [4.78, 5) is 7.52. The molecule has 0 atom stereocenters. The van der Waals surface area contributed by atoms with Crippen molar-refractivity contribution in [3.05, 3.63) is 66.6 Å². The highest BCUT2D eigenvalue weighted by Gasteiger charge is 2.05. The zero-order chi connectivity index (χ0) is 13.8. The monoisotopic (exact) mass is 265 g/mol. The van der Waals surface area contributed by atoms with Crippen molar-refractivity contribution in [3.8, 4) is 22.8 Å². The maximum Gasteiger partial charge on any atom is 0.178 e. The zero-order valence-corrected chi connectivity index (χ0v) is 10.7. The summed E-state index contributed by atoms with van der Waals surface area (Å²) >= 11 is 0. The van der Waals surface area contributed by atoms with Crippen LogP contribution in [0.15, 0.2) is 60.8 Å². The van der Waals surface area contributed by atoms with Crippen molar-refractivity contribution in [2.45, 2.75) is 6.61 Å². The van der Waals surface area contributed by atoms with Crippen molar-refractivity contribution in [1.82, 2.24) is 9.97 Å². The van der Waals surface area contributed by atoms with Crippen LogP contribution >= 0.6 is 0 Å². The van der Waals surface area contributed by atoms with Crippen molar-refractivity contribution in [2.24, 2.45) is 0 Å². The van der Waals surface area contributed by atoms with Gasteiger partial charge in [0.2, 0.25) is 0 Å². The van der Waals surface area contributed by atoms with Crippen LogP contribution in [-0.2, 0) is 11.7 Å². The number of hydrogen-bond acceptors (Lipinski definition) is 2. The molecule has 99 valence electrons. The van der Waals surface area contributed by atoms with Gasteiger partial charge in [0.15, 0.2) is 5.75 Å². The molecule has 0 fully saturated rings. The summed E-state index contributed by atoms with van der Waals surface area (Å²) in [6, 6.07) is 16.2. The molecule has 3 aromatic rings. The largest absolute Gasteiger partial charge is 0.486 e. The predicted molar refractivity (Wildman–Crippen MR) is 74.9 cm³/mol. The highest BCUT2D eigenvalue weighted by molar-refractivity contribution is 5.59. The van der Waals surface area contributed by atoms with E-state index in [1.807, 2.05) is 36.5 Å². The summed E-state index contributed by atoms with van der Waals surface area (Å²) in [5.74, 6) is 1.55. The minimum atomic E-state index is -0.00285. The molecule has 0 spiro atoms. The zero-order valence-electron chi connectivity index (χ0n) is 10.7. The van der Waals surface area contributed by atoms with E-state index in [1.54, 1.807) is 12.1 Å². The van der Waals surface area contributed by atoms with Crippen molar-refractivity contribution in [2.75, 3.05) is 0 Å². The van der Waals surface area contributed by atoms with E-state index in [2.05, 4.69) is 9.97 Å². The fourth-order valence-corrected chi connectivity index (χ4v) is 1.88. The molecule has 0 unspecified atom stereocenters. The first-order valence-electron chi connectivity index (χ1n) is 6.31. The van der Waals surface area contributed by atoms with Gasteiger partial charge in [-0.3, -0.25) is 5.11 Å². The molecule has 4 nitrogen and oxygen atoms in total. The molecule has 20 heavy (non-hydrogen) atoms. The molecule has 0 aliphatic carbocycles. The number of aromatic amines is 1. The van der Waals surface area contributed by atoms with Crippen LogP contribution in [0.25, 0.3) is 11.3 Å². The SMILES string of the molecule is [O]c1ccc(-c2c[nH]c(COc3ccccc3)n2)cc1. The number of hydrogen-bond donors (Lipinski definition) is 1. The van der Waals surface area contributed by atoms with Gasteiger partial charge in [0, 0.05) is 11.8 Å². The summed E-state index contributed by atoms with van der Waals surface area (Å²) in [5.41, 5.74) is 1.71. The number of H-pyrrole nitrogens is 1. The Morgan fingerprint density at radius 3 is 2.50 bits per heavy atom. The number of imidazole rings is 1. The minimum absolute atomic E-state index is 0.00285. The fourth-order valence-electron chi connectivity index (χ4n) is 1.88. The molecule has 0 aliphatic heterocycles. The van der Waals surface area contributed by atoms with Crippen LogP contribution in [-0.4, -0.2) is 9.97 Å². The molecule has 4 heteroatoms. The second-order valence-electron chi connectivity index (χ2n) is 4.36. The average molecular weight is 265 g/mol. The smallest absolute Gasteiger partial charge is 0.178 e. The maximum atomic E-state index is 11.1. The number of nitrogens with one attached hydrogen (secondary N) is 1. The van der Waals surface area contributed by atoms with Crippen molar-refractivity contribution < 1.29 is 9.84 Å². The van der Waals surface area contributed by atoms with Crippen molar-refractivity contribution in [3.63, 3.8) is 0 Å². The van der Waals surface area contributed by atoms with E-state index in [0.717, 1.165) is 22.8 Å². The summed E-state index contributed by atoms with van der Waals surface area (Å²) < 4.78 is 5.62. The number of ether oxygens (including phenoxy) is 1. The lowest BCUT2D eigenvalue weighted by atomic mass is 10.2. The minimum Gasteiger partial charge on any atom is -0.486 e. The average Bonchev–Trinajstić information content (AvgIpc) is 2.96. The lowest BCUT2D eigenvalue weighted by Gasteiger charge is -2.02. The molecular weight excluding hydrogens is 252 g/mol. The van der Waals surface area contributed by atoms with E-state index in [-0.39, 0.29) is 5.75 Å². The lowest BCUT2D eigenvalue weighted by Crippen LogP contribution is -1.97. The van der Waals surface area contributed by atoms with Gasteiger partial charge in [0.1, 0.15) is 18.2 Å². The van der Waals surface area contributed by atoms with Gasteiger partial charge in [-0.05, 0) is 36.4 Å². The predicted octanol–water partition coefficient (Wildman–Crippen LogP) is 3.80. The Hall–Kier alpha value is -2.75. The number of rotatable bonds is 4. The van der Waals surface area contributed by atoms with Gasteiger partial charge < -0.3 is 9.72 Å². The highest BCUT2D eigenvalue weighted by atomic mass is 16.5. The van der Waals surface area contributed by atoms with E-state index in [0.29, 0.717) is 6.61 Å². The van der Waals surface area contributed by atoms with Gasteiger partial charge >= 0.3 is 0 Å². The molecule has 0 saturated carbocycles. The van der Waals surface area contributed by atoms with Crippen LogP contribution in [0.3, 0.4) is 0 Å². The Morgan fingerprint density at radius 1 is 1.00 bits per heavy atom. The molecule has 1 heterocycles. The van der Waals surface area contributed by atoms with Gasteiger partial charge in [0.05, 0.1) is 5.69 Å². The number of benzene rings is 2. The van der Waals surface area contributed by atoms with Crippen LogP contribution in [0, 0.1) is 0 Å². The summed E-state index contributed by atoms with van der Waals surface area (Å²) in [5, 5.41) is 11.1. The van der Waals surface area contributed by atoms with Crippen LogP contribution in [0.4, 0.5) is 0 Å². The Bertz CT molecular complexity index is 675. The van der Waals surface area contributed by atoms with E-state index < -0.39 is 0 Å². The number of para-hydroxylation sites is 1. The molecule has 3 rings (SSSR count). The maximum absolute atomic E-state index is 11.1. The fraction of sp³-hybridized carbons (Fsp3) is 0.0625. The van der Waals surface area contributed by atoms with Gasteiger partial charge in [0.25, 0.3) is 0 Å². The Balaban J connectivity index is 1.69. The van der Waals surface area contributed by atoms with Crippen LogP contribution < -0.4 is 4.74 Å². The normalized spacial score (nSPS) is 10.4. The van der Waals surface area contributed by atoms with E-state index >= 15 is 0 Å². The first-order chi connectivity index (χ1) is 9.81. The molecule has 0 aliphatic rings. The number of nitrogens with zero attached hydrogens (tertiary/aromatic N) is 1. The third kappa shape index (κ3) is 2.80. The Kier molecular flexibility index (Phi) is 3.37. The van der Waals surface area contributed by atoms with Gasteiger partial charge in [-0.1, -0.05) is 18.2 Å². The quantitative estimate of drug-likeness (QED) is 0.780. The van der Waals surface area contributed by atoms with Crippen LogP contribution in [0.2, 0.25) is 0 Å². The molecule has 1 aromatic heterocycles. The van der Waals surface area contributed by atoms with E-state index in [9.17, 15) is 5.11 Å². The van der Waals surface area contributed by atoms with E-state index in [1.165, 1.54) is 12.1 Å². The second-order valence-corrected chi connectivity index (χ2v) is 4.36. The molecule has 0 amide bonds.